The van der Waals surface area contributed by atoms with Crippen molar-refractivity contribution >= 4 is 39.3 Å². The van der Waals surface area contributed by atoms with Crippen molar-refractivity contribution in [2.24, 2.45) is 5.41 Å². The fourth-order valence-corrected chi connectivity index (χ4v) is 5.25. The van der Waals surface area contributed by atoms with E-state index < -0.39 is 5.41 Å². The highest BCUT2D eigenvalue weighted by molar-refractivity contribution is 9.10. The summed E-state index contributed by atoms with van der Waals surface area (Å²) in [5.41, 5.74) is 1.20. The quantitative estimate of drug-likeness (QED) is 0.313. The average Bonchev–Trinajstić information content (AvgIpc) is 2.89. The molecular weight excluding hydrogens is 540 g/mol. The summed E-state index contributed by atoms with van der Waals surface area (Å²) >= 11 is 9.54. The van der Waals surface area contributed by atoms with Gasteiger partial charge in [0, 0.05) is 48.0 Å². The molecule has 0 bridgehead atoms. The van der Waals surface area contributed by atoms with E-state index in [1.54, 1.807) is 17.0 Å². The standard InChI is InChI=1S/C29H30BrClN2O3/c1-32(19-22-8-3-2-4-9-22)27(34)18-29(21-36-24-14-12-23(31)13-15-24)16-7-17-33(20-29)28(35)25-10-5-6-11-26(25)30/h2-6,8-15H,7,16-21H2,1H3/t29-/m1/s1. The molecule has 7 heteroatoms. The summed E-state index contributed by atoms with van der Waals surface area (Å²) in [4.78, 5) is 30.5. The van der Waals surface area contributed by atoms with Crippen LogP contribution in [0.25, 0.3) is 0 Å². The minimum atomic E-state index is -0.503. The van der Waals surface area contributed by atoms with Crippen LogP contribution in [0.1, 0.15) is 35.2 Å². The molecule has 3 aromatic carbocycles. The van der Waals surface area contributed by atoms with Gasteiger partial charge >= 0.3 is 0 Å². The van der Waals surface area contributed by atoms with Gasteiger partial charge in [-0.25, -0.2) is 0 Å². The van der Waals surface area contributed by atoms with Crippen molar-refractivity contribution in [3.63, 3.8) is 0 Å². The summed E-state index contributed by atoms with van der Waals surface area (Å²) in [5, 5.41) is 0.637. The Labute approximate surface area is 226 Å². The molecule has 0 unspecified atom stereocenters. The first kappa shape index (κ1) is 26.2. The zero-order chi connectivity index (χ0) is 25.5. The Balaban J connectivity index is 1.53. The van der Waals surface area contributed by atoms with Crippen LogP contribution in [-0.4, -0.2) is 48.4 Å². The molecule has 5 nitrogen and oxygen atoms in total. The van der Waals surface area contributed by atoms with Crippen LogP contribution < -0.4 is 4.74 Å². The van der Waals surface area contributed by atoms with E-state index in [4.69, 9.17) is 16.3 Å². The Hall–Kier alpha value is -2.83. The first-order chi connectivity index (χ1) is 17.3. The lowest BCUT2D eigenvalue weighted by Gasteiger charge is -2.43. The maximum Gasteiger partial charge on any atom is 0.255 e. The number of hydrogen-bond acceptors (Lipinski definition) is 3. The van der Waals surface area contributed by atoms with Crippen LogP contribution in [0.5, 0.6) is 5.75 Å². The molecule has 0 saturated carbocycles. The van der Waals surface area contributed by atoms with E-state index >= 15 is 0 Å². The second-order valence-corrected chi connectivity index (χ2v) is 10.8. The van der Waals surface area contributed by atoms with Crippen molar-refractivity contribution < 1.29 is 14.3 Å². The van der Waals surface area contributed by atoms with Crippen molar-refractivity contribution in [3.05, 3.63) is 99.5 Å². The van der Waals surface area contributed by atoms with Gasteiger partial charge in [0.2, 0.25) is 5.91 Å². The summed E-state index contributed by atoms with van der Waals surface area (Å²) < 4.78 is 6.95. The molecule has 1 aliphatic heterocycles. The molecule has 1 atom stereocenters. The van der Waals surface area contributed by atoms with Crippen molar-refractivity contribution in [3.8, 4) is 5.75 Å². The van der Waals surface area contributed by atoms with E-state index in [2.05, 4.69) is 15.9 Å². The highest BCUT2D eigenvalue weighted by Gasteiger charge is 2.41. The Kier molecular flexibility index (Phi) is 8.70. The number of rotatable bonds is 8. The van der Waals surface area contributed by atoms with Gasteiger partial charge in [-0.05, 0) is 70.7 Å². The Morgan fingerprint density at radius 2 is 1.72 bits per heavy atom. The highest BCUT2D eigenvalue weighted by Crippen LogP contribution is 2.36. The summed E-state index contributed by atoms with van der Waals surface area (Å²) in [6.07, 6.45) is 1.89. The van der Waals surface area contributed by atoms with Gasteiger partial charge in [0.15, 0.2) is 0 Å². The number of halogens is 2. The zero-order valence-corrected chi connectivity index (χ0v) is 22.7. The van der Waals surface area contributed by atoms with Crippen LogP contribution in [0, 0.1) is 5.41 Å². The molecule has 0 spiro atoms. The van der Waals surface area contributed by atoms with E-state index in [9.17, 15) is 9.59 Å². The van der Waals surface area contributed by atoms with Crippen LogP contribution in [0.4, 0.5) is 0 Å². The molecule has 1 aliphatic rings. The van der Waals surface area contributed by atoms with Gasteiger partial charge in [-0.3, -0.25) is 9.59 Å². The SMILES string of the molecule is CN(Cc1ccccc1)C(=O)C[C@]1(COc2ccc(Cl)cc2)CCCN(C(=O)c2ccccc2Br)C1. The molecule has 3 aromatic rings. The molecule has 1 saturated heterocycles. The normalized spacial score (nSPS) is 17.5. The van der Waals surface area contributed by atoms with Gasteiger partial charge in [0.25, 0.3) is 5.91 Å². The minimum Gasteiger partial charge on any atom is -0.493 e. The van der Waals surface area contributed by atoms with Gasteiger partial charge in [0.05, 0.1) is 12.2 Å². The largest absolute Gasteiger partial charge is 0.493 e. The Bertz CT molecular complexity index is 1190. The van der Waals surface area contributed by atoms with Crippen molar-refractivity contribution in [1.29, 1.82) is 0 Å². The number of nitrogens with zero attached hydrogens (tertiary/aromatic N) is 2. The Morgan fingerprint density at radius 1 is 1.03 bits per heavy atom. The van der Waals surface area contributed by atoms with Crippen LogP contribution in [0.15, 0.2) is 83.3 Å². The molecule has 0 N–H and O–H groups in total. The Morgan fingerprint density at radius 3 is 2.44 bits per heavy atom. The van der Waals surface area contributed by atoms with Crippen molar-refractivity contribution in [2.75, 3.05) is 26.7 Å². The predicted molar refractivity (Wildman–Crippen MR) is 146 cm³/mol. The summed E-state index contributed by atoms with van der Waals surface area (Å²) in [5.74, 6) is 0.690. The first-order valence-corrected chi connectivity index (χ1v) is 13.2. The highest BCUT2D eigenvalue weighted by atomic mass is 79.9. The fraction of sp³-hybridized carbons (Fsp3) is 0.310. The maximum absolute atomic E-state index is 13.4. The lowest BCUT2D eigenvalue weighted by Crippen LogP contribution is -2.50. The summed E-state index contributed by atoms with van der Waals surface area (Å²) in [7, 11) is 1.83. The van der Waals surface area contributed by atoms with E-state index in [-0.39, 0.29) is 11.8 Å². The average molecular weight is 570 g/mol. The monoisotopic (exact) mass is 568 g/mol. The summed E-state index contributed by atoms with van der Waals surface area (Å²) in [6.45, 7) is 1.97. The molecule has 2 amide bonds. The third-order valence-electron chi connectivity index (χ3n) is 6.63. The van der Waals surface area contributed by atoms with E-state index in [1.165, 1.54) is 0 Å². The number of piperidine rings is 1. The number of hydrogen-bond donors (Lipinski definition) is 0. The topological polar surface area (TPSA) is 49.9 Å². The first-order valence-electron chi connectivity index (χ1n) is 12.1. The number of likely N-dealkylation sites (tertiary alicyclic amines) is 1. The zero-order valence-electron chi connectivity index (χ0n) is 20.3. The smallest absolute Gasteiger partial charge is 0.255 e. The van der Waals surface area contributed by atoms with Crippen LogP contribution in [0.3, 0.4) is 0 Å². The van der Waals surface area contributed by atoms with Crippen molar-refractivity contribution in [2.45, 2.75) is 25.8 Å². The molecule has 188 valence electrons. The number of carbonyl (C=O) groups is 2. The van der Waals surface area contributed by atoms with Gasteiger partial charge < -0.3 is 14.5 Å². The van der Waals surface area contributed by atoms with Crippen LogP contribution in [-0.2, 0) is 11.3 Å². The van der Waals surface area contributed by atoms with Gasteiger partial charge in [-0.1, -0.05) is 54.1 Å². The van der Waals surface area contributed by atoms with E-state index in [0.29, 0.717) is 49.0 Å². The maximum atomic E-state index is 13.4. The van der Waals surface area contributed by atoms with Gasteiger partial charge in [-0.2, -0.15) is 0 Å². The second-order valence-electron chi connectivity index (χ2n) is 9.46. The molecule has 0 aromatic heterocycles. The second kappa shape index (κ2) is 11.9. The molecule has 4 rings (SSSR count). The fourth-order valence-electron chi connectivity index (χ4n) is 4.67. The lowest BCUT2D eigenvalue weighted by atomic mass is 9.77. The van der Waals surface area contributed by atoms with E-state index in [0.717, 1.165) is 22.9 Å². The molecule has 0 radical (unpaired) electrons. The van der Waals surface area contributed by atoms with Crippen LogP contribution >= 0.6 is 27.5 Å². The predicted octanol–water partition coefficient (Wildman–Crippen LogP) is 6.45. The number of amides is 2. The molecule has 36 heavy (non-hydrogen) atoms. The minimum absolute atomic E-state index is 0.0359. The van der Waals surface area contributed by atoms with Crippen molar-refractivity contribution in [1.82, 2.24) is 9.80 Å². The van der Waals surface area contributed by atoms with Gasteiger partial charge in [-0.15, -0.1) is 0 Å². The molecular formula is C29H30BrClN2O3. The number of benzene rings is 3. The lowest BCUT2D eigenvalue weighted by molar-refractivity contribution is -0.134. The number of ether oxygens (including phenoxy) is 1. The van der Waals surface area contributed by atoms with E-state index in [1.807, 2.05) is 78.7 Å². The third-order valence-corrected chi connectivity index (χ3v) is 7.57. The molecule has 0 aliphatic carbocycles. The van der Waals surface area contributed by atoms with Crippen LogP contribution in [0.2, 0.25) is 5.02 Å². The van der Waals surface area contributed by atoms with Gasteiger partial charge in [0.1, 0.15) is 5.75 Å². The third kappa shape index (κ3) is 6.68. The number of carbonyl (C=O) groups excluding carboxylic acids is 2. The molecule has 1 heterocycles. The molecule has 1 fully saturated rings. The summed E-state index contributed by atoms with van der Waals surface area (Å²) in [6, 6.07) is 24.6.